The van der Waals surface area contributed by atoms with Crippen LogP contribution in [0.5, 0.6) is 0 Å². The molecule has 1 atom stereocenters. The van der Waals surface area contributed by atoms with Crippen LogP contribution >= 0.6 is 0 Å². The van der Waals surface area contributed by atoms with Gasteiger partial charge in [-0.25, -0.2) is 8.42 Å². The van der Waals surface area contributed by atoms with E-state index in [1.54, 1.807) is 48.3 Å². The number of carbonyl (C=O) groups is 1. The summed E-state index contributed by atoms with van der Waals surface area (Å²) in [5.74, 6) is 0.213. The summed E-state index contributed by atoms with van der Waals surface area (Å²) >= 11 is 0. The Balaban J connectivity index is 1.37. The molecule has 6 rings (SSSR count). The maximum absolute atomic E-state index is 13.7. The largest absolute Gasteiger partial charge is 0.342 e. The van der Waals surface area contributed by atoms with Crippen molar-refractivity contribution in [2.24, 2.45) is 13.0 Å². The molecule has 4 aromatic rings. The number of rotatable bonds is 5. The number of nitrogens with one attached hydrogen (secondary N) is 1. The first-order valence-corrected chi connectivity index (χ1v) is 13.9. The van der Waals surface area contributed by atoms with Crippen LogP contribution < -0.4 is 10.2 Å². The van der Waals surface area contributed by atoms with Crippen molar-refractivity contribution in [2.45, 2.75) is 35.0 Å². The maximum atomic E-state index is 13.7. The summed E-state index contributed by atoms with van der Waals surface area (Å²) in [4.78, 5) is 16.1. The van der Waals surface area contributed by atoms with E-state index in [1.165, 1.54) is 11.1 Å². The average molecular weight is 513 g/mol. The Morgan fingerprint density at radius 3 is 2.32 bits per heavy atom. The van der Waals surface area contributed by atoms with Gasteiger partial charge in [0.25, 0.3) is 0 Å². The van der Waals surface area contributed by atoms with Crippen molar-refractivity contribution in [3.05, 3.63) is 95.7 Å². The highest BCUT2D eigenvalue weighted by atomic mass is 32.2. The van der Waals surface area contributed by atoms with Crippen LogP contribution in [0.2, 0.25) is 0 Å². The topological polar surface area (TPSA) is 84.3 Å². The summed E-state index contributed by atoms with van der Waals surface area (Å²) in [5.41, 5.74) is 4.69. The summed E-state index contributed by atoms with van der Waals surface area (Å²) in [6.45, 7) is 0. The lowest BCUT2D eigenvalue weighted by molar-refractivity contribution is -0.118. The molecular formula is C29H28N4O3S. The lowest BCUT2D eigenvalue weighted by atomic mass is 9.86. The Morgan fingerprint density at radius 2 is 1.62 bits per heavy atom. The quantitative estimate of drug-likeness (QED) is 0.413. The van der Waals surface area contributed by atoms with Gasteiger partial charge in [-0.3, -0.25) is 9.48 Å². The van der Waals surface area contributed by atoms with Gasteiger partial charge in [0, 0.05) is 26.4 Å². The predicted molar refractivity (Wildman–Crippen MR) is 143 cm³/mol. The molecule has 0 fully saturated rings. The van der Waals surface area contributed by atoms with E-state index in [1.807, 2.05) is 30.1 Å². The molecule has 188 valence electrons. The monoisotopic (exact) mass is 512 g/mol. The van der Waals surface area contributed by atoms with Gasteiger partial charge in [-0.2, -0.15) is 5.10 Å². The van der Waals surface area contributed by atoms with Crippen molar-refractivity contribution in [1.29, 1.82) is 0 Å². The van der Waals surface area contributed by atoms with Gasteiger partial charge < -0.3 is 10.2 Å². The van der Waals surface area contributed by atoms with Crippen LogP contribution in [0.15, 0.2) is 88.8 Å². The summed E-state index contributed by atoms with van der Waals surface area (Å²) in [7, 11) is 0.0174. The molecular weight excluding hydrogens is 484 g/mol. The second-order valence-electron chi connectivity index (χ2n) is 9.95. The van der Waals surface area contributed by atoms with Gasteiger partial charge >= 0.3 is 0 Å². The Hall–Kier alpha value is -3.91. The first kappa shape index (κ1) is 23.5. The number of fused-ring (bicyclic) bond motifs is 3. The number of hydrogen-bond donors (Lipinski definition) is 1. The zero-order valence-corrected chi connectivity index (χ0v) is 21.6. The molecule has 1 aliphatic heterocycles. The van der Waals surface area contributed by atoms with Crippen LogP contribution in [0.3, 0.4) is 0 Å². The van der Waals surface area contributed by atoms with Crippen LogP contribution in [0.1, 0.15) is 29.0 Å². The van der Waals surface area contributed by atoms with Gasteiger partial charge in [0.15, 0.2) is 5.82 Å². The third kappa shape index (κ3) is 4.11. The van der Waals surface area contributed by atoms with Crippen molar-refractivity contribution < 1.29 is 13.2 Å². The molecule has 1 N–H and O–H groups in total. The highest BCUT2D eigenvalue weighted by Crippen LogP contribution is 2.45. The smallest absolute Gasteiger partial charge is 0.233 e. The van der Waals surface area contributed by atoms with Crippen LogP contribution in [-0.4, -0.2) is 31.2 Å². The minimum Gasteiger partial charge on any atom is -0.342 e. The fourth-order valence-electron chi connectivity index (χ4n) is 5.69. The van der Waals surface area contributed by atoms with Crippen LogP contribution in [0, 0.1) is 5.92 Å². The number of aryl methyl sites for hydroxylation is 1. The maximum Gasteiger partial charge on any atom is 0.233 e. The predicted octanol–water partition coefficient (Wildman–Crippen LogP) is 4.86. The van der Waals surface area contributed by atoms with E-state index in [9.17, 15) is 13.2 Å². The first-order chi connectivity index (χ1) is 17.8. The zero-order chi connectivity index (χ0) is 25.7. The molecule has 3 aromatic carbocycles. The number of nitrogens with zero attached hydrogens (tertiary/aromatic N) is 3. The first-order valence-electron chi connectivity index (χ1n) is 12.4. The minimum absolute atomic E-state index is 0.142. The molecule has 1 aromatic heterocycles. The van der Waals surface area contributed by atoms with E-state index in [-0.39, 0.29) is 10.8 Å². The number of aromatic nitrogens is 2. The number of anilines is 3. The molecule has 37 heavy (non-hydrogen) atoms. The molecule has 2 heterocycles. The molecule has 7 nitrogen and oxygen atoms in total. The Kier molecular flexibility index (Phi) is 5.64. The van der Waals surface area contributed by atoms with Crippen molar-refractivity contribution in [3.63, 3.8) is 0 Å². The molecule has 0 saturated heterocycles. The summed E-state index contributed by atoms with van der Waals surface area (Å²) in [6, 6.07) is 22.5. The average Bonchev–Trinajstić information content (AvgIpc) is 3.50. The fourth-order valence-corrected chi connectivity index (χ4v) is 7.38. The second-order valence-corrected chi connectivity index (χ2v) is 11.8. The molecule has 0 spiro atoms. The van der Waals surface area contributed by atoms with E-state index >= 15 is 0 Å². The molecule has 1 amide bonds. The number of hydrogen-bond acceptors (Lipinski definition) is 5. The number of benzene rings is 3. The lowest BCUT2D eigenvalue weighted by Crippen LogP contribution is -2.26. The Labute approximate surface area is 216 Å². The molecule has 2 aliphatic rings. The van der Waals surface area contributed by atoms with Crippen LogP contribution in [0.25, 0.3) is 0 Å². The van der Waals surface area contributed by atoms with E-state index in [0.29, 0.717) is 34.4 Å². The highest BCUT2D eigenvalue weighted by Gasteiger charge is 2.35. The second kappa shape index (κ2) is 8.88. The van der Waals surface area contributed by atoms with Gasteiger partial charge in [0.05, 0.1) is 27.1 Å². The summed E-state index contributed by atoms with van der Waals surface area (Å²) < 4.78 is 28.4. The highest BCUT2D eigenvalue weighted by molar-refractivity contribution is 7.92. The molecule has 8 heteroatoms. The van der Waals surface area contributed by atoms with E-state index < -0.39 is 15.8 Å². The summed E-state index contributed by atoms with van der Waals surface area (Å²) in [6.07, 6.45) is 4.29. The van der Waals surface area contributed by atoms with Crippen LogP contribution in [-0.2, 0) is 34.5 Å². The fraction of sp³-hybridized carbons (Fsp3) is 0.241. The van der Waals surface area contributed by atoms with Crippen molar-refractivity contribution in [1.82, 2.24) is 9.78 Å². The van der Waals surface area contributed by atoms with E-state index in [2.05, 4.69) is 34.7 Å². The minimum atomic E-state index is -3.66. The molecule has 0 radical (unpaired) electrons. The van der Waals surface area contributed by atoms with E-state index in [4.69, 9.17) is 0 Å². The Morgan fingerprint density at radius 1 is 0.946 bits per heavy atom. The van der Waals surface area contributed by atoms with Crippen molar-refractivity contribution >= 4 is 32.9 Å². The van der Waals surface area contributed by atoms with Gasteiger partial charge in [-0.1, -0.05) is 42.5 Å². The van der Waals surface area contributed by atoms with E-state index in [0.717, 1.165) is 18.4 Å². The summed E-state index contributed by atoms with van der Waals surface area (Å²) in [5, 5.41) is 7.29. The zero-order valence-electron chi connectivity index (χ0n) is 20.8. The van der Waals surface area contributed by atoms with Gasteiger partial charge in [-0.15, -0.1) is 0 Å². The van der Waals surface area contributed by atoms with Gasteiger partial charge in [0.1, 0.15) is 0 Å². The number of sulfone groups is 1. The SMILES string of the molecule is CN1c2ccccc2S(=O)(=O)c2ccc(C(CC3Cc4ccccc4C3)C(=O)Nc3ccn(C)n3)cc21. The number of para-hydroxylation sites is 1. The molecule has 1 unspecified atom stereocenters. The molecule has 0 saturated carbocycles. The van der Waals surface area contributed by atoms with Gasteiger partial charge in [-0.05, 0) is 66.1 Å². The third-order valence-electron chi connectivity index (χ3n) is 7.54. The number of amides is 1. The molecule has 0 bridgehead atoms. The van der Waals surface area contributed by atoms with Crippen LogP contribution in [0.4, 0.5) is 17.2 Å². The number of carbonyl (C=O) groups excluding carboxylic acids is 1. The molecule has 1 aliphatic carbocycles. The third-order valence-corrected chi connectivity index (χ3v) is 9.39. The normalized spacial score (nSPS) is 16.5. The van der Waals surface area contributed by atoms with Crippen molar-refractivity contribution in [2.75, 3.05) is 17.3 Å². The Bertz CT molecular complexity index is 1600. The van der Waals surface area contributed by atoms with Gasteiger partial charge in [0.2, 0.25) is 15.7 Å². The standard InChI is InChI=1S/C29H28N4O3S/c1-32-14-13-28(31-32)30-29(34)23(17-19-15-20-7-3-4-8-21(20)16-19)22-11-12-27-25(18-22)33(2)24-9-5-6-10-26(24)37(27,35)36/h3-14,18-19,23H,15-17H2,1-2H3,(H,30,31,34). The lowest BCUT2D eigenvalue weighted by Gasteiger charge is -2.31. The van der Waals surface area contributed by atoms with Crippen molar-refractivity contribution in [3.8, 4) is 0 Å².